The summed E-state index contributed by atoms with van der Waals surface area (Å²) in [4.78, 5) is 32.1. The SMILES string of the molecule is CCCCN1CCN(c2nc(=O)c3cc(C(F)(F)F)cc(C(=O)O)c3s2)CC1. The fourth-order valence-electron chi connectivity index (χ4n) is 3.16. The highest BCUT2D eigenvalue weighted by Crippen LogP contribution is 2.35. The predicted octanol–water partition coefficient (Wildman–Crippen LogP) is 3.30. The number of carboxylic acid groups (broad SMARTS) is 1. The Balaban J connectivity index is 1.98. The summed E-state index contributed by atoms with van der Waals surface area (Å²) in [6.45, 7) is 5.95. The van der Waals surface area contributed by atoms with E-state index >= 15 is 0 Å². The summed E-state index contributed by atoms with van der Waals surface area (Å²) in [6.07, 6.45) is -2.54. The molecule has 0 saturated carbocycles. The summed E-state index contributed by atoms with van der Waals surface area (Å²) in [5, 5.41) is 9.40. The van der Waals surface area contributed by atoms with Crippen LogP contribution in [0.25, 0.3) is 10.1 Å². The molecule has 3 rings (SSSR count). The zero-order valence-electron chi connectivity index (χ0n) is 15.3. The lowest BCUT2D eigenvalue weighted by atomic mass is 10.1. The van der Waals surface area contributed by atoms with Gasteiger partial charge in [0.15, 0.2) is 5.13 Å². The van der Waals surface area contributed by atoms with Crippen LogP contribution in [0, 0.1) is 0 Å². The van der Waals surface area contributed by atoms with E-state index < -0.39 is 28.8 Å². The molecule has 2 heterocycles. The molecular weight excluding hydrogens is 395 g/mol. The summed E-state index contributed by atoms with van der Waals surface area (Å²) in [6, 6.07) is 1.26. The molecule has 1 aromatic heterocycles. The zero-order valence-corrected chi connectivity index (χ0v) is 16.1. The number of nitrogens with zero attached hydrogens (tertiary/aromatic N) is 3. The summed E-state index contributed by atoms with van der Waals surface area (Å²) in [5.41, 5.74) is -2.54. The van der Waals surface area contributed by atoms with Crippen LogP contribution in [0.15, 0.2) is 16.9 Å². The molecule has 0 amide bonds. The number of carbonyl (C=O) groups is 1. The van der Waals surface area contributed by atoms with Gasteiger partial charge in [-0.3, -0.25) is 9.69 Å². The molecule has 1 saturated heterocycles. The van der Waals surface area contributed by atoms with Gasteiger partial charge in [-0.15, -0.1) is 0 Å². The summed E-state index contributed by atoms with van der Waals surface area (Å²) >= 11 is 0.949. The van der Waals surface area contributed by atoms with Crippen LogP contribution in [0.2, 0.25) is 0 Å². The molecule has 1 aromatic carbocycles. The number of hydrogen-bond acceptors (Lipinski definition) is 6. The van der Waals surface area contributed by atoms with Gasteiger partial charge >= 0.3 is 12.1 Å². The molecule has 0 aliphatic carbocycles. The van der Waals surface area contributed by atoms with Crippen molar-refractivity contribution in [3.63, 3.8) is 0 Å². The number of alkyl halides is 3. The first kappa shape index (κ1) is 20.5. The molecule has 0 spiro atoms. The van der Waals surface area contributed by atoms with Crippen LogP contribution in [0.4, 0.5) is 18.3 Å². The molecule has 1 aliphatic rings. The van der Waals surface area contributed by atoms with E-state index in [2.05, 4.69) is 16.8 Å². The normalized spacial score (nSPS) is 15.9. The second kappa shape index (κ2) is 8.04. The average molecular weight is 415 g/mol. The average Bonchev–Trinajstić information content (AvgIpc) is 2.65. The number of aromatic carboxylic acids is 1. The second-order valence-corrected chi connectivity index (χ2v) is 7.66. The van der Waals surface area contributed by atoms with Crippen molar-refractivity contribution in [1.82, 2.24) is 9.88 Å². The van der Waals surface area contributed by atoms with Gasteiger partial charge in [0.2, 0.25) is 0 Å². The first-order valence-electron chi connectivity index (χ1n) is 8.97. The number of piperazine rings is 1. The van der Waals surface area contributed by atoms with E-state index in [4.69, 9.17) is 0 Å². The third-order valence-electron chi connectivity index (χ3n) is 4.74. The minimum Gasteiger partial charge on any atom is -0.478 e. The fourth-order valence-corrected chi connectivity index (χ4v) is 4.30. The Bertz CT molecular complexity index is 937. The second-order valence-electron chi connectivity index (χ2n) is 6.69. The van der Waals surface area contributed by atoms with Gasteiger partial charge in [-0.05, 0) is 25.1 Å². The Kier molecular flexibility index (Phi) is 5.90. The maximum Gasteiger partial charge on any atom is 0.416 e. The van der Waals surface area contributed by atoms with E-state index in [1.54, 1.807) is 0 Å². The number of anilines is 1. The van der Waals surface area contributed by atoms with Crippen LogP contribution in [-0.2, 0) is 6.18 Å². The first-order valence-corrected chi connectivity index (χ1v) is 9.79. The van der Waals surface area contributed by atoms with E-state index in [0.717, 1.165) is 43.8 Å². The number of halogens is 3. The molecule has 10 heteroatoms. The lowest BCUT2D eigenvalue weighted by molar-refractivity contribution is -0.137. The van der Waals surface area contributed by atoms with Gasteiger partial charge < -0.3 is 10.0 Å². The number of carboxylic acids is 1. The highest BCUT2D eigenvalue weighted by atomic mass is 32.1. The fraction of sp³-hybridized carbons (Fsp3) is 0.500. The van der Waals surface area contributed by atoms with Crippen LogP contribution in [0.1, 0.15) is 35.7 Å². The van der Waals surface area contributed by atoms with Crippen LogP contribution >= 0.6 is 11.3 Å². The van der Waals surface area contributed by atoms with Gasteiger partial charge in [-0.1, -0.05) is 24.7 Å². The maximum absolute atomic E-state index is 13.1. The lowest BCUT2D eigenvalue weighted by Crippen LogP contribution is -2.47. The van der Waals surface area contributed by atoms with Gasteiger partial charge in [-0.2, -0.15) is 18.2 Å². The minimum atomic E-state index is -4.75. The van der Waals surface area contributed by atoms with Gasteiger partial charge in [0.25, 0.3) is 5.56 Å². The molecule has 2 aromatic rings. The number of benzene rings is 1. The quantitative estimate of drug-likeness (QED) is 0.808. The van der Waals surface area contributed by atoms with E-state index in [1.807, 2.05) is 4.90 Å². The number of aromatic nitrogens is 1. The molecule has 28 heavy (non-hydrogen) atoms. The minimum absolute atomic E-state index is 0.0175. The third kappa shape index (κ3) is 4.27. The van der Waals surface area contributed by atoms with Gasteiger partial charge in [0.1, 0.15) is 0 Å². The Morgan fingerprint density at radius 3 is 2.50 bits per heavy atom. The predicted molar refractivity (Wildman–Crippen MR) is 101 cm³/mol. The van der Waals surface area contributed by atoms with E-state index in [0.29, 0.717) is 30.4 Å². The zero-order chi connectivity index (χ0) is 20.5. The Morgan fingerprint density at radius 1 is 1.25 bits per heavy atom. The highest BCUT2D eigenvalue weighted by molar-refractivity contribution is 7.22. The molecule has 0 unspecified atom stereocenters. The van der Waals surface area contributed by atoms with Crippen LogP contribution in [-0.4, -0.2) is 53.7 Å². The molecule has 1 N–H and O–H groups in total. The molecular formula is C18H20F3N3O3S. The van der Waals surface area contributed by atoms with Crippen molar-refractivity contribution < 1.29 is 23.1 Å². The van der Waals surface area contributed by atoms with Crippen LogP contribution < -0.4 is 10.5 Å². The Morgan fingerprint density at radius 2 is 1.93 bits per heavy atom. The van der Waals surface area contributed by atoms with Crippen molar-refractivity contribution in [2.45, 2.75) is 25.9 Å². The molecule has 0 atom stereocenters. The number of fused-ring (bicyclic) bond motifs is 1. The maximum atomic E-state index is 13.1. The molecule has 6 nitrogen and oxygen atoms in total. The van der Waals surface area contributed by atoms with E-state index in [1.165, 1.54) is 0 Å². The largest absolute Gasteiger partial charge is 0.478 e. The van der Waals surface area contributed by atoms with Crippen molar-refractivity contribution in [3.8, 4) is 0 Å². The van der Waals surface area contributed by atoms with E-state index in [-0.39, 0.29) is 10.1 Å². The van der Waals surface area contributed by atoms with Crippen molar-refractivity contribution in [3.05, 3.63) is 33.6 Å². The van der Waals surface area contributed by atoms with Gasteiger partial charge in [-0.25, -0.2) is 4.79 Å². The lowest BCUT2D eigenvalue weighted by Gasteiger charge is -2.34. The number of rotatable bonds is 5. The molecule has 1 aliphatic heterocycles. The van der Waals surface area contributed by atoms with Crippen molar-refractivity contribution in [1.29, 1.82) is 0 Å². The van der Waals surface area contributed by atoms with Gasteiger partial charge in [0, 0.05) is 26.2 Å². The molecule has 1 fully saturated rings. The summed E-state index contributed by atoms with van der Waals surface area (Å²) in [7, 11) is 0. The number of hydrogen-bond donors (Lipinski definition) is 1. The van der Waals surface area contributed by atoms with E-state index in [9.17, 15) is 27.9 Å². The monoisotopic (exact) mass is 415 g/mol. The summed E-state index contributed by atoms with van der Waals surface area (Å²) in [5.74, 6) is -1.51. The van der Waals surface area contributed by atoms with Crippen LogP contribution in [0.3, 0.4) is 0 Å². The standard InChI is InChI=1S/C18H20F3N3O3S/c1-2-3-4-23-5-7-24(8-6-23)17-22-15(25)12-9-11(18(19,20)21)10-13(16(26)27)14(12)28-17/h9-10H,2-8H2,1H3,(H,26,27). The molecule has 0 bridgehead atoms. The Labute approximate surface area is 163 Å². The summed E-state index contributed by atoms with van der Waals surface area (Å²) < 4.78 is 39.2. The smallest absolute Gasteiger partial charge is 0.416 e. The topological polar surface area (TPSA) is 73.7 Å². The first-order chi connectivity index (χ1) is 13.2. The van der Waals surface area contributed by atoms with Crippen LogP contribution in [0.5, 0.6) is 0 Å². The van der Waals surface area contributed by atoms with Crippen molar-refractivity contribution >= 4 is 32.5 Å². The molecule has 152 valence electrons. The number of unbranched alkanes of at least 4 members (excludes halogenated alkanes) is 1. The molecule has 0 radical (unpaired) electrons. The third-order valence-corrected chi connectivity index (χ3v) is 5.91. The van der Waals surface area contributed by atoms with Crippen molar-refractivity contribution in [2.75, 3.05) is 37.6 Å². The highest BCUT2D eigenvalue weighted by Gasteiger charge is 2.33. The van der Waals surface area contributed by atoms with Crippen molar-refractivity contribution in [2.24, 2.45) is 0 Å². The Hall–Kier alpha value is -2.20. The van der Waals surface area contributed by atoms with Gasteiger partial charge in [0.05, 0.1) is 21.2 Å².